The van der Waals surface area contributed by atoms with E-state index in [4.69, 9.17) is 9.84 Å². The van der Waals surface area contributed by atoms with Gasteiger partial charge in [-0.05, 0) is 105 Å². The van der Waals surface area contributed by atoms with Crippen molar-refractivity contribution < 1.29 is 29.0 Å². The summed E-state index contributed by atoms with van der Waals surface area (Å²) >= 11 is 0. The SMILES string of the molecule is CC(C)(C)OC(=O)NC1CCC(NCC2CCC(n3ccc(NC(=O)N4CCN(C(=O)C(C)(C)NC(=O)O)CC4)nc3=O)CC2)CC1. The molecule has 1 aromatic rings. The molecule has 0 radical (unpaired) electrons. The lowest BCUT2D eigenvalue weighted by atomic mass is 9.85. The average Bonchev–Trinajstić information content (AvgIpc) is 2.99. The van der Waals surface area contributed by atoms with Gasteiger partial charge < -0.3 is 35.6 Å². The predicted octanol–water partition coefficient (Wildman–Crippen LogP) is 3.12. The van der Waals surface area contributed by atoms with Gasteiger partial charge in [0.2, 0.25) is 5.91 Å². The number of rotatable bonds is 8. The molecule has 262 valence electrons. The number of hydrogen-bond acceptors (Lipinski definition) is 8. The van der Waals surface area contributed by atoms with Crippen LogP contribution in [0.4, 0.5) is 20.2 Å². The molecule has 1 aliphatic heterocycles. The second-order valence-corrected chi connectivity index (χ2v) is 14.5. The molecule has 15 nitrogen and oxygen atoms in total. The first-order valence-corrected chi connectivity index (χ1v) is 16.8. The maximum atomic E-state index is 12.9. The first-order valence-electron chi connectivity index (χ1n) is 16.8. The van der Waals surface area contributed by atoms with Gasteiger partial charge in [-0.2, -0.15) is 4.98 Å². The predicted molar refractivity (Wildman–Crippen MR) is 175 cm³/mol. The molecule has 2 aliphatic carbocycles. The number of carboxylic acid groups (broad SMARTS) is 1. The third-order valence-electron chi connectivity index (χ3n) is 9.23. The van der Waals surface area contributed by atoms with Gasteiger partial charge in [-0.3, -0.25) is 14.7 Å². The summed E-state index contributed by atoms with van der Waals surface area (Å²) in [5, 5.41) is 20.6. The average molecular weight is 661 g/mol. The maximum Gasteiger partial charge on any atom is 0.407 e. The van der Waals surface area contributed by atoms with E-state index in [1.54, 1.807) is 16.8 Å². The Morgan fingerprint density at radius 3 is 2.06 bits per heavy atom. The Balaban J connectivity index is 1.15. The molecule has 3 fully saturated rings. The van der Waals surface area contributed by atoms with E-state index in [0.29, 0.717) is 12.0 Å². The first-order chi connectivity index (χ1) is 22.1. The molecular formula is C32H52N8O7. The topological polar surface area (TPSA) is 187 Å². The van der Waals surface area contributed by atoms with Crippen molar-refractivity contribution in [3.05, 3.63) is 22.7 Å². The Bertz CT molecular complexity index is 1320. The lowest BCUT2D eigenvalue weighted by Gasteiger charge is -2.38. The summed E-state index contributed by atoms with van der Waals surface area (Å²) in [6.45, 7) is 10.6. The van der Waals surface area contributed by atoms with Crippen molar-refractivity contribution in [2.75, 3.05) is 38.0 Å². The minimum absolute atomic E-state index is 0.0656. The molecule has 5 amide bonds. The second kappa shape index (κ2) is 15.3. The number of hydrogen-bond donors (Lipinski definition) is 5. The summed E-state index contributed by atoms with van der Waals surface area (Å²) in [6, 6.07) is 1.89. The van der Waals surface area contributed by atoms with E-state index in [9.17, 15) is 24.0 Å². The largest absolute Gasteiger partial charge is 0.465 e. The van der Waals surface area contributed by atoms with E-state index in [1.165, 1.54) is 23.6 Å². The fourth-order valence-corrected chi connectivity index (χ4v) is 6.65. The minimum Gasteiger partial charge on any atom is -0.465 e. The third kappa shape index (κ3) is 10.6. The van der Waals surface area contributed by atoms with Crippen LogP contribution in [0, 0.1) is 5.92 Å². The Morgan fingerprint density at radius 1 is 0.894 bits per heavy atom. The lowest BCUT2D eigenvalue weighted by Crippen LogP contribution is -2.60. The van der Waals surface area contributed by atoms with Crippen LogP contribution in [0.1, 0.15) is 92.0 Å². The lowest BCUT2D eigenvalue weighted by molar-refractivity contribution is -0.138. The molecule has 47 heavy (non-hydrogen) atoms. The summed E-state index contributed by atoms with van der Waals surface area (Å²) in [5.41, 5.74) is -2.17. The Labute approximate surface area is 276 Å². The number of piperazine rings is 1. The van der Waals surface area contributed by atoms with Crippen LogP contribution < -0.4 is 27.0 Å². The van der Waals surface area contributed by atoms with Gasteiger partial charge in [0.15, 0.2) is 0 Å². The number of alkyl carbamates (subject to hydrolysis) is 1. The van der Waals surface area contributed by atoms with Crippen molar-refractivity contribution >= 4 is 29.9 Å². The summed E-state index contributed by atoms with van der Waals surface area (Å²) in [5.74, 6) is 0.362. The molecule has 0 spiro atoms. The highest BCUT2D eigenvalue weighted by molar-refractivity contribution is 5.90. The number of carbonyl (C=O) groups is 4. The quantitative estimate of drug-likeness (QED) is 0.279. The zero-order chi connectivity index (χ0) is 34.4. The molecule has 15 heteroatoms. The number of aromatic nitrogens is 2. The standard InChI is InChI=1S/C32H52N8O7/c1-31(2,3)47-30(46)34-23-10-8-22(9-11-23)33-20-21-6-12-24(13-7-21)40-15-14-25(36-28(40)43)35-27(42)39-18-16-38(17-19-39)26(41)32(4,5)37-29(44)45/h14-15,21-24,33,37H,6-13,16-20H2,1-5H3,(H,34,46)(H,44,45)(H,35,36,42,43). The van der Waals surface area contributed by atoms with Gasteiger partial charge in [0.25, 0.3) is 0 Å². The highest BCUT2D eigenvalue weighted by atomic mass is 16.6. The highest BCUT2D eigenvalue weighted by Crippen LogP contribution is 2.31. The van der Waals surface area contributed by atoms with Crippen LogP contribution in [0.25, 0.3) is 0 Å². The van der Waals surface area contributed by atoms with Gasteiger partial charge in [0, 0.05) is 50.5 Å². The van der Waals surface area contributed by atoms with Crippen molar-refractivity contribution in [3.8, 4) is 0 Å². The highest BCUT2D eigenvalue weighted by Gasteiger charge is 2.36. The van der Waals surface area contributed by atoms with Gasteiger partial charge in [-0.1, -0.05) is 0 Å². The van der Waals surface area contributed by atoms with Crippen molar-refractivity contribution in [1.29, 1.82) is 0 Å². The molecule has 1 saturated heterocycles. The minimum atomic E-state index is -1.28. The van der Waals surface area contributed by atoms with E-state index < -0.39 is 29.0 Å². The number of urea groups is 1. The monoisotopic (exact) mass is 660 g/mol. The molecular weight excluding hydrogens is 608 g/mol. The van der Waals surface area contributed by atoms with Crippen LogP contribution in [0.3, 0.4) is 0 Å². The Hall–Kier alpha value is -3.88. The fourth-order valence-electron chi connectivity index (χ4n) is 6.65. The number of nitrogens with one attached hydrogen (secondary N) is 4. The van der Waals surface area contributed by atoms with Crippen molar-refractivity contribution in [1.82, 2.24) is 35.3 Å². The van der Waals surface area contributed by atoms with Crippen LogP contribution >= 0.6 is 0 Å². The number of amides is 5. The van der Waals surface area contributed by atoms with Gasteiger partial charge in [0.1, 0.15) is 17.0 Å². The smallest absolute Gasteiger partial charge is 0.407 e. The molecule has 0 aromatic carbocycles. The van der Waals surface area contributed by atoms with Gasteiger partial charge in [0.05, 0.1) is 0 Å². The van der Waals surface area contributed by atoms with Gasteiger partial charge in [-0.15, -0.1) is 0 Å². The Morgan fingerprint density at radius 2 is 1.49 bits per heavy atom. The van der Waals surface area contributed by atoms with Crippen molar-refractivity contribution in [2.45, 2.75) is 115 Å². The van der Waals surface area contributed by atoms with Crippen molar-refractivity contribution in [3.63, 3.8) is 0 Å². The number of ether oxygens (including phenoxy) is 1. The molecule has 0 unspecified atom stereocenters. The summed E-state index contributed by atoms with van der Waals surface area (Å²) in [4.78, 5) is 68.7. The Kier molecular flexibility index (Phi) is 11.7. The van der Waals surface area contributed by atoms with E-state index >= 15 is 0 Å². The van der Waals surface area contributed by atoms with Gasteiger partial charge in [-0.25, -0.2) is 19.2 Å². The van der Waals surface area contributed by atoms with Crippen LogP contribution in [0.15, 0.2) is 17.1 Å². The van der Waals surface area contributed by atoms with E-state index in [0.717, 1.165) is 57.9 Å². The summed E-state index contributed by atoms with van der Waals surface area (Å²) in [7, 11) is 0. The molecule has 2 heterocycles. The van der Waals surface area contributed by atoms with E-state index in [1.807, 2.05) is 20.8 Å². The van der Waals surface area contributed by atoms with E-state index in [2.05, 4.69) is 26.3 Å². The number of nitrogens with zero attached hydrogens (tertiary/aromatic N) is 4. The fraction of sp³-hybridized carbons (Fsp3) is 0.750. The molecule has 1 aromatic heterocycles. The molecule has 4 rings (SSSR count). The zero-order valence-electron chi connectivity index (χ0n) is 28.3. The molecule has 0 atom stereocenters. The van der Waals surface area contributed by atoms with E-state index in [-0.39, 0.29) is 56.1 Å². The number of anilines is 1. The van der Waals surface area contributed by atoms with Crippen LogP contribution in [0.5, 0.6) is 0 Å². The third-order valence-corrected chi connectivity index (χ3v) is 9.23. The number of carbonyl (C=O) groups excluding carboxylic acids is 3. The van der Waals surface area contributed by atoms with Crippen LogP contribution in [-0.2, 0) is 9.53 Å². The first kappa shape index (κ1) is 36.0. The molecule has 2 saturated carbocycles. The summed E-state index contributed by atoms with van der Waals surface area (Å²) < 4.78 is 7.04. The maximum absolute atomic E-state index is 12.9. The van der Waals surface area contributed by atoms with Crippen molar-refractivity contribution in [2.24, 2.45) is 5.92 Å². The normalized spacial score (nSPS) is 23.9. The molecule has 0 bridgehead atoms. The zero-order valence-corrected chi connectivity index (χ0v) is 28.3. The van der Waals surface area contributed by atoms with Crippen LogP contribution in [-0.4, -0.2) is 105 Å². The van der Waals surface area contributed by atoms with Crippen LogP contribution in [0.2, 0.25) is 0 Å². The second-order valence-electron chi connectivity index (χ2n) is 14.5. The summed E-state index contributed by atoms with van der Waals surface area (Å²) in [6.07, 6.45) is 7.75. The van der Waals surface area contributed by atoms with Gasteiger partial charge >= 0.3 is 23.9 Å². The molecule has 5 N–H and O–H groups in total. The molecule has 3 aliphatic rings.